The van der Waals surface area contributed by atoms with Crippen LogP contribution in [0.25, 0.3) is 0 Å². The number of carbonyl (C=O) groups excluding carboxylic acids is 1. The maximum atomic E-state index is 11.6. The van der Waals surface area contributed by atoms with Gasteiger partial charge in [-0.1, -0.05) is 30.3 Å². The molecule has 1 heterocycles. The number of likely N-dealkylation sites (tertiary alicyclic amines) is 1. The topological polar surface area (TPSA) is 66.8 Å². The van der Waals surface area contributed by atoms with Crippen LogP contribution in [0.2, 0.25) is 0 Å². The first kappa shape index (κ1) is 14.5. The van der Waals surface area contributed by atoms with Crippen molar-refractivity contribution in [3.63, 3.8) is 0 Å². The monoisotopic (exact) mass is 277 g/mol. The van der Waals surface area contributed by atoms with E-state index in [-0.39, 0.29) is 12.6 Å². The van der Waals surface area contributed by atoms with Crippen LogP contribution in [-0.4, -0.2) is 47.2 Å². The zero-order valence-electron chi connectivity index (χ0n) is 11.5. The summed E-state index contributed by atoms with van der Waals surface area (Å²) in [6.45, 7) is 2.62. The summed E-state index contributed by atoms with van der Waals surface area (Å²) in [6, 6.07) is 9.46. The molecule has 0 aliphatic carbocycles. The summed E-state index contributed by atoms with van der Waals surface area (Å²) in [4.78, 5) is 24.3. The van der Waals surface area contributed by atoms with Crippen LogP contribution in [0.4, 0.5) is 4.79 Å². The molecule has 108 valence electrons. The van der Waals surface area contributed by atoms with E-state index in [2.05, 4.69) is 0 Å². The third-order valence-corrected chi connectivity index (χ3v) is 3.71. The SMILES string of the molecule is CCO[C@H]1CN(C(=O)O)C(C=O)(Cc2ccccc2)C1. The molecule has 1 N–H and O–H groups in total. The van der Waals surface area contributed by atoms with Gasteiger partial charge >= 0.3 is 6.09 Å². The minimum absolute atomic E-state index is 0.218. The van der Waals surface area contributed by atoms with Crippen molar-refractivity contribution in [2.75, 3.05) is 13.2 Å². The number of amides is 1. The van der Waals surface area contributed by atoms with Gasteiger partial charge in [-0.3, -0.25) is 4.90 Å². The minimum Gasteiger partial charge on any atom is -0.465 e. The molecule has 0 spiro atoms. The van der Waals surface area contributed by atoms with Crippen LogP contribution >= 0.6 is 0 Å². The highest BCUT2D eigenvalue weighted by Crippen LogP contribution is 2.33. The summed E-state index contributed by atoms with van der Waals surface area (Å²) >= 11 is 0. The number of benzene rings is 1. The van der Waals surface area contributed by atoms with Crippen LogP contribution in [0.3, 0.4) is 0 Å². The first-order valence-corrected chi connectivity index (χ1v) is 6.73. The van der Waals surface area contributed by atoms with E-state index in [0.717, 1.165) is 11.8 Å². The summed E-state index contributed by atoms with van der Waals surface area (Å²) in [6.07, 6.45) is 0.256. The lowest BCUT2D eigenvalue weighted by molar-refractivity contribution is -0.116. The molecule has 20 heavy (non-hydrogen) atoms. The molecule has 5 nitrogen and oxygen atoms in total. The first-order valence-electron chi connectivity index (χ1n) is 6.73. The summed E-state index contributed by atoms with van der Waals surface area (Å²) in [7, 11) is 0. The van der Waals surface area contributed by atoms with Crippen molar-refractivity contribution in [2.24, 2.45) is 0 Å². The highest BCUT2D eigenvalue weighted by atomic mass is 16.5. The van der Waals surface area contributed by atoms with Gasteiger partial charge in [-0.25, -0.2) is 4.79 Å². The summed E-state index contributed by atoms with van der Waals surface area (Å²) in [5.74, 6) is 0. The fourth-order valence-electron chi connectivity index (χ4n) is 2.84. The molecule has 0 bridgehead atoms. The molecule has 2 rings (SSSR count). The summed E-state index contributed by atoms with van der Waals surface area (Å²) in [5.41, 5.74) is -0.0736. The van der Waals surface area contributed by atoms with Crippen molar-refractivity contribution in [2.45, 2.75) is 31.4 Å². The number of aldehydes is 1. The number of hydrogen-bond donors (Lipinski definition) is 1. The third kappa shape index (κ3) is 2.82. The van der Waals surface area contributed by atoms with Crippen molar-refractivity contribution in [3.05, 3.63) is 35.9 Å². The summed E-state index contributed by atoms with van der Waals surface area (Å²) < 4.78 is 5.51. The molecule has 1 aliphatic rings. The van der Waals surface area contributed by atoms with E-state index in [1.165, 1.54) is 4.90 Å². The molecule has 1 aliphatic heterocycles. The van der Waals surface area contributed by atoms with Crippen molar-refractivity contribution < 1.29 is 19.4 Å². The Hall–Kier alpha value is -1.88. The fourth-order valence-corrected chi connectivity index (χ4v) is 2.84. The highest BCUT2D eigenvalue weighted by Gasteiger charge is 2.48. The Morgan fingerprint density at radius 1 is 1.50 bits per heavy atom. The van der Waals surface area contributed by atoms with E-state index >= 15 is 0 Å². The zero-order valence-corrected chi connectivity index (χ0v) is 11.5. The Balaban J connectivity index is 2.26. The molecule has 0 aromatic heterocycles. The standard InChI is InChI=1S/C15H19NO4/c1-2-20-13-9-15(11-17,16(10-13)14(18)19)8-12-6-4-3-5-7-12/h3-7,11,13H,2,8-10H2,1H3,(H,18,19)/t13-,15?/m1/s1. The molecule has 1 aromatic rings. The average molecular weight is 277 g/mol. The molecular weight excluding hydrogens is 258 g/mol. The Kier molecular flexibility index (Phi) is 4.39. The van der Waals surface area contributed by atoms with Crippen LogP contribution < -0.4 is 0 Å². The lowest BCUT2D eigenvalue weighted by Crippen LogP contribution is -2.49. The van der Waals surface area contributed by atoms with Crippen LogP contribution in [0.15, 0.2) is 30.3 Å². The molecule has 1 unspecified atom stereocenters. The van der Waals surface area contributed by atoms with Gasteiger partial charge in [0.25, 0.3) is 0 Å². The molecule has 0 saturated carbocycles. The maximum absolute atomic E-state index is 11.6. The number of rotatable bonds is 5. The molecule has 1 fully saturated rings. The smallest absolute Gasteiger partial charge is 0.408 e. The summed E-state index contributed by atoms with van der Waals surface area (Å²) in [5, 5.41) is 9.36. The minimum atomic E-state index is -1.07. The molecule has 0 radical (unpaired) electrons. The van der Waals surface area contributed by atoms with Crippen LogP contribution in [0.5, 0.6) is 0 Å². The van der Waals surface area contributed by atoms with Gasteiger partial charge in [-0.05, 0) is 12.5 Å². The van der Waals surface area contributed by atoms with Crippen LogP contribution in [-0.2, 0) is 16.0 Å². The molecule has 1 saturated heterocycles. The highest BCUT2D eigenvalue weighted by molar-refractivity contribution is 5.77. The van der Waals surface area contributed by atoms with Gasteiger partial charge in [0, 0.05) is 19.4 Å². The van der Waals surface area contributed by atoms with Gasteiger partial charge in [-0.15, -0.1) is 0 Å². The maximum Gasteiger partial charge on any atom is 0.408 e. The second-order valence-corrected chi connectivity index (χ2v) is 5.06. The fraction of sp³-hybridized carbons (Fsp3) is 0.467. The molecular formula is C15H19NO4. The van der Waals surface area contributed by atoms with Gasteiger partial charge in [0.05, 0.1) is 12.6 Å². The number of carboxylic acid groups (broad SMARTS) is 1. The number of carbonyl (C=O) groups is 2. The Labute approximate surface area is 118 Å². The molecule has 5 heteroatoms. The van der Waals surface area contributed by atoms with E-state index < -0.39 is 11.6 Å². The number of nitrogens with zero attached hydrogens (tertiary/aromatic N) is 1. The average Bonchev–Trinajstić information content (AvgIpc) is 2.80. The van der Waals surface area contributed by atoms with Gasteiger partial charge in [0.2, 0.25) is 0 Å². The van der Waals surface area contributed by atoms with Crippen LogP contribution in [0.1, 0.15) is 18.9 Å². The quantitative estimate of drug-likeness (QED) is 0.835. The lowest BCUT2D eigenvalue weighted by atomic mass is 9.89. The molecule has 2 atom stereocenters. The van der Waals surface area contributed by atoms with Crippen molar-refractivity contribution in [3.8, 4) is 0 Å². The van der Waals surface area contributed by atoms with E-state index in [1.54, 1.807) is 0 Å². The van der Waals surface area contributed by atoms with E-state index in [1.807, 2.05) is 37.3 Å². The van der Waals surface area contributed by atoms with Gasteiger partial charge in [-0.2, -0.15) is 0 Å². The van der Waals surface area contributed by atoms with Crippen molar-refractivity contribution in [1.29, 1.82) is 0 Å². The lowest BCUT2D eigenvalue weighted by Gasteiger charge is -2.31. The second kappa shape index (κ2) is 6.05. The number of hydrogen-bond acceptors (Lipinski definition) is 3. The van der Waals surface area contributed by atoms with Gasteiger partial charge < -0.3 is 14.6 Å². The second-order valence-electron chi connectivity index (χ2n) is 5.06. The molecule has 1 amide bonds. The Morgan fingerprint density at radius 2 is 2.20 bits per heavy atom. The molecule has 1 aromatic carbocycles. The Bertz CT molecular complexity index is 476. The predicted molar refractivity (Wildman–Crippen MR) is 73.7 cm³/mol. The van der Waals surface area contributed by atoms with Gasteiger partial charge in [0.15, 0.2) is 0 Å². The normalized spacial score (nSPS) is 25.6. The van der Waals surface area contributed by atoms with E-state index in [9.17, 15) is 14.7 Å². The first-order chi connectivity index (χ1) is 9.61. The van der Waals surface area contributed by atoms with Crippen molar-refractivity contribution in [1.82, 2.24) is 4.90 Å². The van der Waals surface area contributed by atoms with Gasteiger partial charge in [0.1, 0.15) is 11.8 Å². The van der Waals surface area contributed by atoms with E-state index in [0.29, 0.717) is 19.4 Å². The largest absolute Gasteiger partial charge is 0.465 e. The van der Waals surface area contributed by atoms with Crippen molar-refractivity contribution >= 4 is 12.4 Å². The zero-order chi connectivity index (χ0) is 14.6. The Morgan fingerprint density at radius 3 is 2.75 bits per heavy atom. The van der Waals surface area contributed by atoms with E-state index in [4.69, 9.17) is 4.74 Å². The third-order valence-electron chi connectivity index (χ3n) is 3.71. The number of ether oxygens (including phenoxy) is 1. The van der Waals surface area contributed by atoms with Crippen LogP contribution in [0, 0.1) is 0 Å². The predicted octanol–water partition coefficient (Wildman–Crippen LogP) is 1.96.